The molecular formula is C17H18N4O4. The zero-order chi connectivity index (χ0) is 18.4. The number of nitriles is 1. The molecular weight excluding hydrogens is 324 g/mol. The van der Waals surface area contributed by atoms with E-state index in [4.69, 9.17) is 4.74 Å². The average molecular weight is 342 g/mol. The number of ether oxygens (including phenoxy) is 1. The van der Waals surface area contributed by atoms with Gasteiger partial charge in [0.15, 0.2) is 5.75 Å². The van der Waals surface area contributed by atoms with Crippen LogP contribution in [0.25, 0.3) is 0 Å². The molecule has 0 saturated carbocycles. The summed E-state index contributed by atoms with van der Waals surface area (Å²) in [4.78, 5) is 22.8. The molecule has 1 aromatic carbocycles. The van der Waals surface area contributed by atoms with Crippen molar-refractivity contribution < 1.29 is 9.66 Å². The Morgan fingerprint density at radius 3 is 2.64 bits per heavy atom. The SMILES string of the molecule is CCc1nn(CCOc2ccccc2[N+](=O)[O-])c(=O)c(C#N)c1CC. The van der Waals surface area contributed by atoms with Gasteiger partial charge in [-0.25, -0.2) is 4.68 Å². The van der Waals surface area contributed by atoms with Crippen molar-refractivity contribution in [3.63, 3.8) is 0 Å². The lowest BCUT2D eigenvalue weighted by atomic mass is 10.0. The molecule has 0 fully saturated rings. The van der Waals surface area contributed by atoms with Crippen LogP contribution in [0, 0.1) is 21.4 Å². The largest absolute Gasteiger partial charge is 0.485 e. The minimum atomic E-state index is -0.529. The minimum absolute atomic E-state index is 0.0251. The number of nitro benzene ring substituents is 1. The summed E-state index contributed by atoms with van der Waals surface area (Å²) in [7, 11) is 0. The van der Waals surface area contributed by atoms with E-state index >= 15 is 0 Å². The van der Waals surface area contributed by atoms with Crippen LogP contribution < -0.4 is 10.3 Å². The van der Waals surface area contributed by atoms with Gasteiger partial charge in [-0.2, -0.15) is 10.4 Å². The molecule has 2 rings (SSSR count). The van der Waals surface area contributed by atoms with Gasteiger partial charge in [-0.05, 0) is 24.5 Å². The second kappa shape index (κ2) is 8.06. The summed E-state index contributed by atoms with van der Waals surface area (Å²) in [5, 5.41) is 24.5. The van der Waals surface area contributed by atoms with Gasteiger partial charge in [0.2, 0.25) is 0 Å². The fourth-order valence-corrected chi connectivity index (χ4v) is 2.56. The fraction of sp³-hybridized carbons (Fsp3) is 0.353. The number of aromatic nitrogens is 2. The predicted molar refractivity (Wildman–Crippen MR) is 90.6 cm³/mol. The maximum atomic E-state index is 12.4. The Bertz CT molecular complexity index is 883. The molecule has 1 heterocycles. The quantitative estimate of drug-likeness (QED) is 0.563. The summed E-state index contributed by atoms with van der Waals surface area (Å²) >= 11 is 0. The van der Waals surface area contributed by atoms with Crippen molar-refractivity contribution in [1.29, 1.82) is 5.26 Å². The smallest absolute Gasteiger partial charge is 0.310 e. The van der Waals surface area contributed by atoms with Crippen LogP contribution in [0.4, 0.5) is 5.69 Å². The molecule has 2 aromatic rings. The zero-order valence-electron chi connectivity index (χ0n) is 14.1. The normalized spacial score (nSPS) is 10.3. The number of para-hydroxylation sites is 2. The summed E-state index contributed by atoms with van der Waals surface area (Å²) in [6.07, 6.45) is 1.16. The highest BCUT2D eigenvalue weighted by atomic mass is 16.6. The first-order valence-electron chi connectivity index (χ1n) is 7.92. The molecule has 0 saturated heterocycles. The van der Waals surface area contributed by atoms with Gasteiger partial charge in [-0.3, -0.25) is 14.9 Å². The molecule has 0 N–H and O–H groups in total. The molecule has 0 amide bonds. The standard InChI is InChI=1S/C17H18N4O4/c1-3-12-13(11-18)17(22)20(19-14(12)4-2)9-10-25-16-8-6-5-7-15(16)21(23)24/h5-8H,3-4,9-10H2,1-2H3. The zero-order valence-corrected chi connectivity index (χ0v) is 14.1. The number of hydrogen-bond donors (Lipinski definition) is 0. The molecule has 130 valence electrons. The van der Waals surface area contributed by atoms with E-state index in [1.54, 1.807) is 12.1 Å². The third kappa shape index (κ3) is 3.83. The van der Waals surface area contributed by atoms with E-state index < -0.39 is 10.5 Å². The summed E-state index contributed by atoms with van der Waals surface area (Å²) in [6, 6.07) is 7.98. The van der Waals surface area contributed by atoms with Crippen molar-refractivity contribution in [3.8, 4) is 11.8 Å². The highest BCUT2D eigenvalue weighted by Gasteiger charge is 2.16. The second-order valence-electron chi connectivity index (χ2n) is 5.22. The summed E-state index contributed by atoms with van der Waals surface area (Å²) < 4.78 is 6.62. The van der Waals surface area contributed by atoms with E-state index in [1.807, 2.05) is 19.9 Å². The van der Waals surface area contributed by atoms with Crippen LogP contribution in [0.2, 0.25) is 0 Å². The first-order chi connectivity index (χ1) is 12.0. The molecule has 8 heteroatoms. The van der Waals surface area contributed by atoms with E-state index in [1.165, 1.54) is 16.8 Å². The van der Waals surface area contributed by atoms with Crippen molar-refractivity contribution in [2.75, 3.05) is 6.61 Å². The second-order valence-corrected chi connectivity index (χ2v) is 5.22. The van der Waals surface area contributed by atoms with E-state index in [9.17, 15) is 20.2 Å². The third-order valence-electron chi connectivity index (χ3n) is 3.76. The van der Waals surface area contributed by atoms with Crippen LogP contribution in [-0.4, -0.2) is 21.3 Å². The number of hydrogen-bond acceptors (Lipinski definition) is 6. The topological polar surface area (TPSA) is 111 Å². The molecule has 0 spiro atoms. The van der Waals surface area contributed by atoms with Gasteiger partial charge < -0.3 is 4.74 Å². The summed E-state index contributed by atoms with van der Waals surface area (Å²) in [5.41, 5.74) is 0.856. The van der Waals surface area contributed by atoms with Crippen molar-refractivity contribution in [2.45, 2.75) is 33.2 Å². The van der Waals surface area contributed by atoms with Gasteiger partial charge >= 0.3 is 5.69 Å². The van der Waals surface area contributed by atoms with Gasteiger partial charge in [0.25, 0.3) is 5.56 Å². The molecule has 0 aliphatic carbocycles. The monoisotopic (exact) mass is 342 g/mol. The van der Waals surface area contributed by atoms with Gasteiger partial charge in [-0.15, -0.1) is 0 Å². The van der Waals surface area contributed by atoms with E-state index in [0.717, 1.165) is 0 Å². The minimum Gasteiger partial charge on any atom is -0.485 e. The average Bonchev–Trinajstić information content (AvgIpc) is 2.62. The van der Waals surface area contributed by atoms with E-state index in [-0.39, 0.29) is 30.2 Å². The van der Waals surface area contributed by atoms with Crippen molar-refractivity contribution in [1.82, 2.24) is 9.78 Å². The summed E-state index contributed by atoms with van der Waals surface area (Å²) in [6.45, 7) is 3.90. The third-order valence-corrected chi connectivity index (χ3v) is 3.76. The Morgan fingerprint density at radius 2 is 2.04 bits per heavy atom. The van der Waals surface area contributed by atoms with Crippen LogP contribution >= 0.6 is 0 Å². The maximum Gasteiger partial charge on any atom is 0.310 e. The van der Waals surface area contributed by atoms with Crippen LogP contribution in [0.3, 0.4) is 0 Å². The van der Waals surface area contributed by atoms with Crippen LogP contribution in [-0.2, 0) is 19.4 Å². The molecule has 0 bridgehead atoms. The van der Waals surface area contributed by atoms with Crippen molar-refractivity contribution in [3.05, 3.63) is 61.6 Å². The Labute approximate surface area is 144 Å². The molecule has 8 nitrogen and oxygen atoms in total. The Kier molecular flexibility index (Phi) is 5.84. The van der Waals surface area contributed by atoms with Crippen LogP contribution in [0.5, 0.6) is 5.75 Å². The van der Waals surface area contributed by atoms with Gasteiger partial charge in [-0.1, -0.05) is 26.0 Å². The van der Waals surface area contributed by atoms with Crippen LogP contribution in [0.15, 0.2) is 29.1 Å². The number of benzene rings is 1. The maximum absolute atomic E-state index is 12.4. The summed E-state index contributed by atoms with van der Waals surface area (Å²) in [5.74, 6) is 0.127. The fourth-order valence-electron chi connectivity index (χ4n) is 2.56. The molecule has 0 aliphatic rings. The van der Waals surface area contributed by atoms with E-state index in [0.29, 0.717) is 24.1 Å². The first kappa shape index (κ1) is 18.1. The van der Waals surface area contributed by atoms with E-state index in [2.05, 4.69) is 5.10 Å². The number of nitrogens with zero attached hydrogens (tertiary/aromatic N) is 4. The lowest BCUT2D eigenvalue weighted by molar-refractivity contribution is -0.385. The first-order valence-corrected chi connectivity index (χ1v) is 7.92. The lowest BCUT2D eigenvalue weighted by Crippen LogP contribution is -2.30. The van der Waals surface area contributed by atoms with Crippen molar-refractivity contribution >= 4 is 5.69 Å². The lowest BCUT2D eigenvalue weighted by Gasteiger charge is -2.12. The predicted octanol–water partition coefficient (Wildman–Crippen LogP) is 2.23. The van der Waals surface area contributed by atoms with Crippen molar-refractivity contribution in [2.24, 2.45) is 0 Å². The number of aryl methyl sites for hydroxylation is 1. The molecule has 1 aromatic heterocycles. The van der Waals surface area contributed by atoms with Crippen LogP contribution in [0.1, 0.15) is 30.7 Å². The Morgan fingerprint density at radius 1 is 1.32 bits per heavy atom. The number of rotatable bonds is 7. The molecule has 0 aliphatic heterocycles. The number of nitro groups is 1. The Hall–Kier alpha value is -3.21. The van der Waals surface area contributed by atoms with Gasteiger partial charge in [0.1, 0.15) is 18.2 Å². The highest BCUT2D eigenvalue weighted by molar-refractivity contribution is 5.45. The molecule has 0 atom stereocenters. The molecule has 0 radical (unpaired) electrons. The highest BCUT2D eigenvalue weighted by Crippen LogP contribution is 2.25. The molecule has 0 unspecified atom stereocenters. The van der Waals surface area contributed by atoms with Gasteiger partial charge in [0.05, 0.1) is 17.2 Å². The molecule has 25 heavy (non-hydrogen) atoms. The Balaban J connectivity index is 2.24. The van der Waals surface area contributed by atoms with Gasteiger partial charge in [0, 0.05) is 6.07 Å².